The Morgan fingerprint density at radius 3 is 2.86 bits per heavy atom. The van der Waals surface area contributed by atoms with Crippen molar-refractivity contribution < 1.29 is 23.7 Å². The van der Waals surface area contributed by atoms with Crippen molar-refractivity contribution in [2.75, 3.05) is 40.1 Å². The fourth-order valence-electron chi connectivity index (χ4n) is 4.42. The molecule has 0 radical (unpaired) electrons. The molecular formula is C22H32N2O5. The van der Waals surface area contributed by atoms with E-state index in [1.54, 1.807) is 7.11 Å². The molecule has 0 bridgehead atoms. The molecule has 1 amide bonds. The Hall–Kier alpha value is -1.99. The van der Waals surface area contributed by atoms with Crippen LogP contribution < -0.4 is 19.5 Å². The SMILES string of the molecule is COc1cc(CN2CCC(CCC(=O)NCC3CCCO3)CC2)cc2c1OCO2. The highest BCUT2D eigenvalue weighted by Crippen LogP contribution is 2.42. The zero-order valence-corrected chi connectivity index (χ0v) is 17.3. The van der Waals surface area contributed by atoms with Crippen LogP contribution in [0.5, 0.6) is 17.2 Å². The van der Waals surface area contributed by atoms with Crippen LogP contribution in [0.1, 0.15) is 44.1 Å². The Labute approximate surface area is 172 Å². The second-order valence-electron chi connectivity index (χ2n) is 8.23. The number of rotatable bonds is 8. The van der Waals surface area contributed by atoms with Crippen LogP contribution in [0, 0.1) is 5.92 Å². The summed E-state index contributed by atoms with van der Waals surface area (Å²) in [6.45, 7) is 4.73. The number of nitrogens with zero attached hydrogens (tertiary/aromatic N) is 1. The number of hydrogen-bond acceptors (Lipinski definition) is 6. The van der Waals surface area contributed by atoms with Crippen LogP contribution in [0.15, 0.2) is 12.1 Å². The first-order valence-electron chi connectivity index (χ1n) is 10.8. The number of carbonyl (C=O) groups excluding carboxylic acids is 1. The Kier molecular flexibility index (Phi) is 6.77. The summed E-state index contributed by atoms with van der Waals surface area (Å²) in [6.07, 6.45) is 6.27. The van der Waals surface area contributed by atoms with Crippen molar-refractivity contribution in [1.29, 1.82) is 0 Å². The summed E-state index contributed by atoms with van der Waals surface area (Å²) in [5.74, 6) is 3.00. The number of methoxy groups -OCH3 is 1. The van der Waals surface area contributed by atoms with Gasteiger partial charge in [-0.1, -0.05) is 0 Å². The third kappa shape index (κ3) is 5.34. The minimum absolute atomic E-state index is 0.162. The van der Waals surface area contributed by atoms with Crippen LogP contribution in [-0.4, -0.2) is 57.1 Å². The molecule has 1 aromatic rings. The number of piperidine rings is 1. The van der Waals surface area contributed by atoms with Gasteiger partial charge in [-0.05, 0) is 68.8 Å². The molecule has 1 aromatic carbocycles. The molecule has 0 aromatic heterocycles. The lowest BCUT2D eigenvalue weighted by molar-refractivity contribution is -0.122. The maximum atomic E-state index is 12.1. The second kappa shape index (κ2) is 9.67. The molecule has 2 saturated heterocycles. The van der Waals surface area contributed by atoms with Crippen LogP contribution in [0.4, 0.5) is 0 Å². The number of hydrogen-bond donors (Lipinski definition) is 1. The van der Waals surface area contributed by atoms with Gasteiger partial charge in [0.15, 0.2) is 11.5 Å². The zero-order chi connectivity index (χ0) is 20.1. The number of likely N-dealkylation sites (tertiary alicyclic amines) is 1. The smallest absolute Gasteiger partial charge is 0.231 e. The topological polar surface area (TPSA) is 69.3 Å². The first-order chi connectivity index (χ1) is 14.2. The highest BCUT2D eigenvalue weighted by Gasteiger charge is 2.24. The van der Waals surface area contributed by atoms with E-state index in [9.17, 15) is 4.79 Å². The normalized spacial score (nSPS) is 22.0. The van der Waals surface area contributed by atoms with Crippen molar-refractivity contribution in [3.63, 3.8) is 0 Å². The Balaban J connectivity index is 1.17. The van der Waals surface area contributed by atoms with Gasteiger partial charge < -0.3 is 24.3 Å². The molecule has 0 aliphatic carbocycles. The number of benzene rings is 1. The van der Waals surface area contributed by atoms with E-state index in [-0.39, 0.29) is 18.8 Å². The van der Waals surface area contributed by atoms with E-state index >= 15 is 0 Å². The predicted octanol–water partition coefficient (Wildman–Crippen LogP) is 2.71. The number of fused-ring (bicyclic) bond motifs is 1. The maximum absolute atomic E-state index is 12.1. The summed E-state index contributed by atoms with van der Waals surface area (Å²) in [5.41, 5.74) is 1.18. The van der Waals surface area contributed by atoms with Crippen molar-refractivity contribution in [3.8, 4) is 17.2 Å². The van der Waals surface area contributed by atoms with Crippen molar-refractivity contribution in [2.24, 2.45) is 5.92 Å². The first-order valence-corrected chi connectivity index (χ1v) is 10.8. The van der Waals surface area contributed by atoms with E-state index in [2.05, 4.69) is 16.3 Å². The molecule has 1 N–H and O–H groups in total. The lowest BCUT2D eigenvalue weighted by atomic mass is 9.92. The fourth-order valence-corrected chi connectivity index (χ4v) is 4.42. The summed E-state index contributed by atoms with van der Waals surface area (Å²) in [5, 5.41) is 3.03. The van der Waals surface area contributed by atoms with Gasteiger partial charge in [0.25, 0.3) is 0 Å². The molecule has 3 aliphatic rings. The van der Waals surface area contributed by atoms with Crippen LogP contribution in [-0.2, 0) is 16.1 Å². The van der Waals surface area contributed by atoms with Crippen LogP contribution >= 0.6 is 0 Å². The summed E-state index contributed by atoms with van der Waals surface area (Å²) in [4.78, 5) is 14.6. The van der Waals surface area contributed by atoms with Gasteiger partial charge in [0, 0.05) is 26.1 Å². The molecule has 0 saturated carbocycles. The molecule has 1 unspecified atom stereocenters. The summed E-state index contributed by atoms with van der Waals surface area (Å²) in [6, 6.07) is 4.09. The summed E-state index contributed by atoms with van der Waals surface area (Å²) < 4.78 is 22.0. The number of nitrogens with one attached hydrogen (secondary N) is 1. The zero-order valence-electron chi connectivity index (χ0n) is 17.3. The summed E-state index contributed by atoms with van der Waals surface area (Å²) >= 11 is 0. The predicted molar refractivity (Wildman–Crippen MR) is 108 cm³/mol. The van der Waals surface area contributed by atoms with Crippen molar-refractivity contribution >= 4 is 5.91 Å². The highest BCUT2D eigenvalue weighted by molar-refractivity contribution is 5.75. The van der Waals surface area contributed by atoms with Gasteiger partial charge in [-0.2, -0.15) is 0 Å². The van der Waals surface area contributed by atoms with E-state index in [1.165, 1.54) is 5.56 Å². The Morgan fingerprint density at radius 2 is 2.10 bits per heavy atom. The van der Waals surface area contributed by atoms with Crippen LogP contribution in [0.3, 0.4) is 0 Å². The van der Waals surface area contributed by atoms with Gasteiger partial charge in [-0.25, -0.2) is 0 Å². The minimum atomic E-state index is 0.162. The van der Waals surface area contributed by atoms with Crippen molar-refractivity contribution in [1.82, 2.24) is 10.2 Å². The van der Waals surface area contributed by atoms with Gasteiger partial charge in [0.1, 0.15) is 0 Å². The maximum Gasteiger partial charge on any atom is 0.231 e. The van der Waals surface area contributed by atoms with E-state index < -0.39 is 0 Å². The molecule has 29 heavy (non-hydrogen) atoms. The van der Waals surface area contributed by atoms with Gasteiger partial charge >= 0.3 is 0 Å². The second-order valence-corrected chi connectivity index (χ2v) is 8.23. The molecule has 7 heteroatoms. The molecule has 7 nitrogen and oxygen atoms in total. The molecule has 2 fully saturated rings. The van der Waals surface area contributed by atoms with Crippen LogP contribution in [0.25, 0.3) is 0 Å². The lowest BCUT2D eigenvalue weighted by Crippen LogP contribution is -2.34. The molecular weight excluding hydrogens is 372 g/mol. The third-order valence-electron chi connectivity index (χ3n) is 6.16. The van der Waals surface area contributed by atoms with Gasteiger partial charge in [-0.3, -0.25) is 9.69 Å². The molecule has 160 valence electrons. The van der Waals surface area contributed by atoms with Gasteiger partial charge in [0.2, 0.25) is 18.4 Å². The molecule has 1 atom stereocenters. The number of amides is 1. The van der Waals surface area contributed by atoms with E-state index in [0.29, 0.717) is 24.6 Å². The highest BCUT2D eigenvalue weighted by atomic mass is 16.7. The average molecular weight is 405 g/mol. The standard InChI is InChI=1S/C22H32N2O5/c1-26-19-11-17(12-20-22(19)29-15-28-20)14-24-8-6-16(7-9-24)4-5-21(25)23-13-18-3-2-10-27-18/h11-12,16,18H,2-10,13-15H2,1H3,(H,23,25). The van der Waals surface area contributed by atoms with E-state index in [0.717, 1.165) is 69.8 Å². The van der Waals surface area contributed by atoms with Crippen molar-refractivity contribution in [2.45, 2.75) is 51.2 Å². The molecule has 0 spiro atoms. The third-order valence-corrected chi connectivity index (χ3v) is 6.16. The lowest BCUT2D eigenvalue weighted by Gasteiger charge is -2.32. The molecule has 4 rings (SSSR count). The summed E-state index contributed by atoms with van der Waals surface area (Å²) in [7, 11) is 1.66. The minimum Gasteiger partial charge on any atom is -0.493 e. The van der Waals surface area contributed by atoms with Gasteiger partial charge in [-0.15, -0.1) is 0 Å². The monoisotopic (exact) mass is 404 g/mol. The molecule has 3 heterocycles. The molecule has 3 aliphatic heterocycles. The number of carbonyl (C=O) groups is 1. The van der Waals surface area contributed by atoms with E-state index in [1.807, 2.05) is 6.07 Å². The van der Waals surface area contributed by atoms with E-state index in [4.69, 9.17) is 18.9 Å². The number of ether oxygens (including phenoxy) is 4. The fraction of sp³-hybridized carbons (Fsp3) is 0.682. The Morgan fingerprint density at radius 1 is 1.24 bits per heavy atom. The first kappa shape index (κ1) is 20.3. The van der Waals surface area contributed by atoms with Gasteiger partial charge in [0.05, 0.1) is 13.2 Å². The Bertz CT molecular complexity index is 697. The quantitative estimate of drug-likeness (QED) is 0.719. The van der Waals surface area contributed by atoms with Crippen molar-refractivity contribution in [3.05, 3.63) is 17.7 Å². The van der Waals surface area contributed by atoms with Crippen LogP contribution in [0.2, 0.25) is 0 Å². The average Bonchev–Trinajstić information content (AvgIpc) is 3.43. The largest absolute Gasteiger partial charge is 0.493 e.